The zero-order chi connectivity index (χ0) is 20.9. The number of carbonyl (C=O) groups excluding carboxylic acids is 1. The van der Waals surface area contributed by atoms with Crippen LogP contribution >= 0.6 is 0 Å². The maximum absolute atomic E-state index is 12.2. The molecule has 0 atom stereocenters. The summed E-state index contributed by atoms with van der Waals surface area (Å²) in [4.78, 5) is 12.2. The number of aromatic nitrogens is 2. The highest BCUT2D eigenvalue weighted by Crippen LogP contribution is 2.19. The summed E-state index contributed by atoms with van der Waals surface area (Å²) in [5, 5.41) is 9.61. The molecule has 0 bridgehead atoms. The lowest BCUT2D eigenvalue weighted by atomic mass is 10.2. The molecule has 0 radical (unpaired) electrons. The number of anilines is 1. The lowest BCUT2D eigenvalue weighted by molar-refractivity contribution is -0.153. The molecule has 0 unspecified atom stereocenters. The number of carbonyl (C=O) groups is 1. The van der Waals surface area contributed by atoms with Gasteiger partial charge in [0.05, 0.1) is 5.69 Å². The first kappa shape index (κ1) is 20.2. The van der Waals surface area contributed by atoms with E-state index >= 15 is 0 Å². The van der Waals surface area contributed by atoms with Crippen LogP contribution < -0.4 is 15.4 Å². The van der Waals surface area contributed by atoms with E-state index in [1.165, 1.54) is 12.1 Å². The molecule has 1 aromatic heterocycles. The standard InChI is InChI=1S/C20H19F3N4O2/c1-14-8-9-25-27(14)17-6-3-5-16(11-17)26-19(28)24-12-15-4-2-7-18(10-15)29-13-20(21,22)23/h2-11H,12-13H2,1H3,(H2,24,26,28). The fourth-order valence-corrected chi connectivity index (χ4v) is 2.62. The van der Waals surface area contributed by atoms with E-state index in [1.807, 2.05) is 19.1 Å². The molecule has 0 saturated carbocycles. The van der Waals surface area contributed by atoms with Crippen molar-refractivity contribution < 1.29 is 22.7 Å². The van der Waals surface area contributed by atoms with Crippen molar-refractivity contribution in [3.8, 4) is 11.4 Å². The summed E-state index contributed by atoms with van der Waals surface area (Å²) in [5.74, 6) is 0.0873. The fraction of sp³-hybridized carbons (Fsp3) is 0.200. The number of nitrogens with one attached hydrogen (secondary N) is 2. The molecule has 3 aromatic rings. The van der Waals surface area contributed by atoms with Crippen molar-refractivity contribution in [2.75, 3.05) is 11.9 Å². The number of benzene rings is 2. The number of halogens is 3. The van der Waals surface area contributed by atoms with Crippen molar-refractivity contribution in [1.29, 1.82) is 0 Å². The van der Waals surface area contributed by atoms with Crippen LogP contribution in [-0.2, 0) is 6.54 Å². The zero-order valence-corrected chi connectivity index (χ0v) is 15.5. The highest BCUT2D eigenvalue weighted by Gasteiger charge is 2.28. The average Bonchev–Trinajstić information content (AvgIpc) is 3.11. The SMILES string of the molecule is Cc1ccnn1-c1cccc(NC(=O)NCc2cccc(OCC(F)(F)F)c2)c1. The molecule has 9 heteroatoms. The quantitative estimate of drug-likeness (QED) is 0.638. The van der Waals surface area contributed by atoms with Crippen molar-refractivity contribution in [3.63, 3.8) is 0 Å². The lowest BCUT2D eigenvalue weighted by Crippen LogP contribution is -2.28. The first-order valence-corrected chi connectivity index (χ1v) is 8.74. The van der Waals surface area contributed by atoms with Gasteiger partial charge in [0, 0.05) is 24.1 Å². The van der Waals surface area contributed by atoms with Gasteiger partial charge in [0.25, 0.3) is 0 Å². The van der Waals surface area contributed by atoms with Crippen molar-refractivity contribution in [2.24, 2.45) is 0 Å². The normalized spacial score (nSPS) is 11.2. The van der Waals surface area contributed by atoms with Crippen LogP contribution in [0.4, 0.5) is 23.7 Å². The molecule has 2 aromatic carbocycles. The Hall–Kier alpha value is -3.49. The van der Waals surface area contributed by atoms with E-state index in [0.717, 1.165) is 11.4 Å². The zero-order valence-electron chi connectivity index (χ0n) is 15.5. The summed E-state index contributed by atoms with van der Waals surface area (Å²) in [6, 6.07) is 14.8. The summed E-state index contributed by atoms with van der Waals surface area (Å²) >= 11 is 0. The van der Waals surface area contributed by atoms with Crippen LogP contribution in [0, 0.1) is 6.92 Å². The smallest absolute Gasteiger partial charge is 0.422 e. The molecule has 3 rings (SSSR count). The van der Waals surface area contributed by atoms with Crippen molar-refractivity contribution in [3.05, 3.63) is 72.1 Å². The Balaban J connectivity index is 1.56. The second-order valence-electron chi connectivity index (χ2n) is 6.29. The van der Waals surface area contributed by atoms with Gasteiger partial charge < -0.3 is 15.4 Å². The van der Waals surface area contributed by atoms with Gasteiger partial charge in [-0.15, -0.1) is 0 Å². The number of nitrogens with zero attached hydrogens (tertiary/aromatic N) is 2. The van der Waals surface area contributed by atoms with E-state index in [1.54, 1.807) is 41.2 Å². The van der Waals surface area contributed by atoms with Gasteiger partial charge in [-0.3, -0.25) is 0 Å². The van der Waals surface area contributed by atoms with Crippen LogP contribution in [0.5, 0.6) is 5.75 Å². The molecule has 0 aliphatic carbocycles. The summed E-state index contributed by atoms with van der Waals surface area (Å²) in [6.45, 7) is 0.690. The summed E-state index contributed by atoms with van der Waals surface area (Å²) in [6.07, 6.45) is -2.72. The van der Waals surface area contributed by atoms with Gasteiger partial charge in [0.1, 0.15) is 5.75 Å². The van der Waals surface area contributed by atoms with E-state index in [0.29, 0.717) is 11.3 Å². The number of urea groups is 1. The van der Waals surface area contributed by atoms with Gasteiger partial charge >= 0.3 is 12.2 Å². The second-order valence-corrected chi connectivity index (χ2v) is 6.29. The minimum atomic E-state index is -4.41. The summed E-state index contributed by atoms with van der Waals surface area (Å²) in [7, 11) is 0. The van der Waals surface area contributed by atoms with E-state index in [2.05, 4.69) is 15.7 Å². The summed E-state index contributed by atoms with van der Waals surface area (Å²) < 4.78 is 43.2. The van der Waals surface area contributed by atoms with Gasteiger partial charge in [0.15, 0.2) is 6.61 Å². The second kappa shape index (κ2) is 8.68. The largest absolute Gasteiger partial charge is 0.484 e. The van der Waals surface area contributed by atoms with Gasteiger partial charge in [-0.05, 0) is 48.9 Å². The Morgan fingerprint density at radius 3 is 2.66 bits per heavy atom. The van der Waals surface area contributed by atoms with Crippen LogP contribution in [0.1, 0.15) is 11.3 Å². The molecule has 2 N–H and O–H groups in total. The first-order valence-electron chi connectivity index (χ1n) is 8.74. The third-order valence-electron chi connectivity index (χ3n) is 3.93. The van der Waals surface area contributed by atoms with Crippen molar-refractivity contribution in [2.45, 2.75) is 19.6 Å². The monoisotopic (exact) mass is 404 g/mol. The Bertz CT molecular complexity index is 986. The molecule has 1 heterocycles. The molecule has 0 spiro atoms. The highest BCUT2D eigenvalue weighted by molar-refractivity contribution is 5.89. The molecular formula is C20H19F3N4O2. The van der Waals surface area contributed by atoms with Crippen LogP contribution in [0.2, 0.25) is 0 Å². The lowest BCUT2D eigenvalue weighted by Gasteiger charge is -2.12. The molecule has 0 saturated heterocycles. The predicted octanol–water partition coefficient (Wildman–Crippen LogP) is 4.44. The number of aryl methyl sites for hydroxylation is 1. The van der Waals surface area contributed by atoms with Crippen LogP contribution in [-0.4, -0.2) is 28.6 Å². The maximum Gasteiger partial charge on any atom is 0.422 e. The van der Waals surface area contributed by atoms with E-state index in [4.69, 9.17) is 4.74 Å². The number of alkyl halides is 3. The molecule has 0 fully saturated rings. The molecule has 0 aliphatic rings. The van der Waals surface area contributed by atoms with E-state index in [-0.39, 0.29) is 12.3 Å². The molecular weight excluding hydrogens is 385 g/mol. The number of hydrogen-bond acceptors (Lipinski definition) is 3. The Kier molecular flexibility index (Phi) is 6.06. The highest BCUT2D eigenvalue weighted by atomic mass is 19.4. The van der Waals surface area contributed by atoms with E-state index < -0.39 is 18.8 Å². The molecule has 29 heavy (non-hydrogen) atoms. The average molecular weight is 404 g/mol. The van der Waals surface area contributed by atoms with Crippen molar-refractivity contribution >= 4 is 11.7 Å². The minimum absolute atomic E-state index is 0.0873. The third-order valence-corrected chi connectivity index (χ3v) is 3.93. The number of hydrogen-bond donors (Lipinski definition) is 2. The van der Waals surface area contributed by atoms with Crippen molar-refractivity contribution in [1.82, 2.24) is 15.1 Å². The van der Waals surface area contributed by atoms with Gasteiger partial charge in [0.2, 0.25) is 0 Å². The molecule has 152 valence electrons. The number of amides is 2. The first-order chi connectivity index (χ1) is 13.8. The molecule has 6 nitrogen and oxygen atoms in total. The Labute approximate surface area is 165 Å². The Morgan fingerprint density at radius 2 is 1.93 bits per heavy atom. The fourth-order valence-electron chi connectivity index (χ4n) is 2.62. The van der Waals surface area contributed by atoms with Gasteiger partial charge in [-0.1, -0.05) is 18.2 Å². The predicted molar refractivity (Wildman–Crippen MR) is 102 cm³/mol. The number of ether oxygens (including phenoxy) is 1. The topological polar surface area (TPSA) is 68.2 Å². The minimum Gasteiger partial charge on any atom is -0.484 e. The molecule has 2 amide bonds. The van der Waals surface area contributed by atoms with Gasteiger partial charge in [-0.2, -0.15) is 18.3 Å². The maximum atomic E-state index is 12.2. The number of rotatable bonds is 6. The molecule has 0 aliphatic heterocycles. The van der Waals surface area contributed by atoms with Crippen LogP contribution in [0.15, 0.2) is 60.8 Å². The van der Waals surface area contributed by atoms with E-state index in [9.17, 15) is 18.0 Å². The Morgan fingerprint density at radius 1 is 1.14 bits per heavy atom. The van der Waals surface area contributed by atoms with Crippen LogP contribution in [0.3, 0.4) is 0 Å². The van der Waals surface area contributed by atoms with Gasteiger partial charge in [-0.25, -0.2) is 9.48 Å². The van der Waals surface area contributed by atoms with Crippen LogP contribution in [0.25, 0.3) is 5.69 Å². The summed E-state index contributed by atoms with van der Waals surface area (Å²) in [5.41, 5.74) is 2.96. The third kappa shape index (κ3) is 6.00.